The Kier molecular flexibility index (Phi) is 6.95. The summed E-state index contributed by atoms with van der Waals surface area (Å²) in [6.07, 6.45) is 1.33. The smallest absolute Gasteiger partial charge is 0.258 e. The number of aromatic nitrogens is 1. The lowest BCUT2D eigenvalue weighted by Gasteiger charge is -2.10. The summed E-state index contributed by atoms with van der Waals surface area (Å²) in [5.41, 5.74) is 1.44. The van der Waals surface area contributed by atoms with E-state index in [2.05, 4.69) is 15.6 Å². The third-order valence-electron chi connectivity index (χ3n) is 5.19. The summed E-state index contributed by atoms with van der Waals surface area (Å²) in [5, 5.41) is 15.2. The highest BCUT2D eigenvalue weighted by molar-refractivity contribution is 6.53. The highest BCUT2D eigenvalue weighted by Gasteiger charge is 2.67. The van der Waals surface area contributed by atoms with Crippen LogP contribution < -0.4 is 10.6 Å². The predicted molar refractivity (Wildman–Crippen MR) is 134 cm³/mol. The number of nitrogens with one attached hydrogen (secondary N) is 2. The predicted octanol–water partition coefficient (Wildman–Crippen LogP) is 6.69. The molecule has 1 saturated carbocycles. The molecule has 1 fully saturated rings. The quantitative estimate of drug-likeness (QED) is 0.344. The molecule has 3 aromatic rings. The van der Waals surface area contributed by atoms with E-state index in [0.717, 1.165) is 0 Å². The molecule has 1 aliphatic rings. The highest BCUT2D eigenvalue weighted by Crippen LogP contribution is 2.65. The van der Waals surface area contributed by atoms with Crippen LogP contribution in [0.3, 0.4) is 0 Å². The van der Waals surface area contributed by atoms with Crippen molar-refractivity contribution in [3.63, 3.8) is 0 Å². The summed E-state index contributed by atoms with van der Waals surface area (Å²) in [5.74, 6) is -2.01. The van der Waals surface area contributed by atoms with E-state index in [1.807, 2.05) is 6.07 Å². The Morgan fingerprint density at radius 3 is 2.29 bits per heavy atom. The van der Waals surface area contributed by atoms with Crippen LogP contribution in [0.4, 0.5) is 11.5 Å². The van der Waals surface area contributed by atoms with Crippen LogP contribution in [0, 0.1) is 17.2 Å². The molecule has 34 heavy (non-hydrogen) atoms. The summed E-state index contributed by atoms with van der Waals surface area (Å²) in [6.45, 7) is 0. The van der Waals surface area contributed by atoms with E-state index in [1.54, 1.807) is 24.3 Å². The van der Waals surface area contributed by atoms with Gasteiger partial charge >= 0.3 is 0 Å². The van der Waals surface area contributed by atoms with Crippen molar-refractivity contribution in [1.82, 2.24) is 4.98 Å². The van der Waals surface area contributed by atoms with Crippen LogP contribution in [-0.4, -0.2) is 21.1 Å². The van der Waals surface area contributed by atoms with Crippen molar-refractivity contribution < 1.29 is 9.59 Å². The second-order valence-electron chi connectivity index (χ2n) is 7.51. The van der Waals surface area contributed by atoms with E-state index in [9.17, 15) is 9.59 Å². The maximum Gasteiger partial charge on any atom is 0.258 e. The summed E-state index contributed by atoms with van der Waals surface area (Å²) >= 11 is 31.1. The molecule has 0 bridgehead atoms. The van der Waals surface area contributed by atoms with E-state index in [-0.39, 0.29) is 16.4 Å². The molecule has 4 rings (SSSR count). The van der Waals surface area contributed by atoms with Crippen LogP contribution in [-0.2, 0) is 4.79 Å². The van der Waals surface area contributed by atoms with Gasteiger partial charge in [0, 0.05) is 27.8 Å². The topological polar surface area (TPSA) is 94.9 Å². The average molecular weight is 555 g/mol. The number of anilines is 2. The van der Waals surface area contributed by atoms with Crippen molar-refractivity contribution >= 4 is 81.3 Å². The summed E-state index contributed by atoms with van der Waals surface area (Å²) in [7, 11) is 0. The summed E-state index contributed by atoms with van der Waals surface area (Å²) < 4.78 is -1.34. The highest BCUT2D eigenvalue weighted by atomic mass is 35.5. The van der Waals surface area contributed by atoms with Crippen LogP contribution in [0.5, 0.6) is 0 Å². The summed E-state index contributed by atoms with van der Waals surface area (Å²) in [6, 6.07) is 14.3. The zero-order valence-corrected chi connectivity index (χ0v) is 20.7. The SMILES string of the molecule is N#Cc1ccc(NC(=O)c2cc(NC(=O)[C@@H]3[C@@H](c4cc(Cl)cc(Cl)c4)C3(Cl)Cl)ccc2Cl)nc1. The Hall–Kier alpha value is -2.53. The minimum Gasteiger partial charge on any atom is -0.326 e. The van der Waals surface area contributed by atoms with Crippen LogP contribution in [0.1, 0.15) is 27.4 Å². The van der Waals surface area contributed by atoms with Crippen molar-refractivity contribution in [1.29, 1.82) is 5.26 Å². The van der Waals surface area contributed by atoms with Crippen LogP contribution in [0.25, 0.3) is 0 Å². The van der Waals surface area contributed by atoms with E-state index >= 15 is 0 Å². The largest absolute Gasteiger partial charge is 0.326 e. The van der Waals surface area contributed by atoms with E-state index < -0.39 is 28.0 Å². The fourth-order valence-corrected chi connectivity index (χ4v) is 5.11. The standard InChI is InChI=1S/C23H13Cl5N4O2/c24-13-5-12(6-14(25)7-13)19-20(23(19,27)28)22(34)31-15-2-3-17(26)16(8-15)21(33)32-18-4-1-11(9-29)10-30-18/h1-8,10,19-20H,(H,31,34)(H,30,32,33)/t19-,20+/m1/s1. The van der Waals surface area contributed by atoms with Crippen molar-refractivity contribution in [2.24, 2.45) is 5.92 Å². The van der Waals surface area contributed by atoms with E-state index in [4.69, 9.17) is 63.3 Å². The van der Waals surface area contributed by atoms with Gasteiger partial charge in [0.15, 0.2) is 0 Å². The Morgan fingerprint density at radius 1 is 0.971 bits per heavy atom. The number of carbonyl (C=O) groups is 2. The van der Waals surface area contributed by atoms with Gasteiger partial charge in [0.2, 0.25) is 5.91 Å². The first-order chi connectivity index (χ1) is 16.1. The number of alkyl halides is 2. The average Bonchev–Trinajstić information content (AvgIpc) is 3.37. The van der Waals surface area contributed by atoms with Gasteiger partial charge in [-0.3, -0.25) is 9.59 Å². The lowest BCUT2D eigenvalue weighted by Crippen LogP contribution is -2.18. The van der Waals surface area contributed by atoms with Crippen LogP contribution in [0.2, 0.25) is 15.1 Å². The molecule has 0 unspecified atom stereocenters. The first-order valence-electron chi connectivity index (χ1n) is 9.72. The van der Waals surface area contributed by atoms with Crippen LogP contribution in [0.15, 0.2) is 54.7 Å². The maximum atomic E-state index is 12.9. The van der Waals surface area contributed by atoms with E-state index in [0.29, 0.717) is 26.9 Å². The number of carbonyl (C=O) groups excluding carboxylic acids is 2. The van der Waals surface area contributed by atoms with Gasteiger partial charge in [-0.2, -0.15) is 5.26 Å². The molecule has 1 aliphatic carbocycles. The molecule has 1 aromatic heterocycles. The lowest BCUT2D eigenvalue weighted by molar-refractivity contribution is -0.117. The normalized spacial score (nSPS) is 18.0. The molecule has 6 nitrogen and oxygen atoms in total. The number of nitrogens with zero attached hydrogens (tertiary/aromatic N) is 2. The zero-order valence-electron chi connectivity index (χ0n) is 17.0. The van der Waals surface area contributed by atoms with Gasteiger partial charge in [-0.25, -0.2) is 4.98 Å². The Balaban J connectivity index is 1.50. The molecule has 2 atom stereocenters. The van der Waals surface area contributed by atoms with Crippen molar-refractivity contribution in [2.45, 2.75) is 10.3 Å². The molecule has 1 heterocycles. The molecule has 2 aromatic carbocycles. The number of benzene rings is 2. The van der Waals surface area contributed by atoms with Crippen molar-refractivity contribution in [3.05, 3.63) is 86.5 Å². The number of hydrogen-bond donors (Lipinski definition) is 2. The van der Waals surface area contributed by atoms with Gasteiger partial charge in [-0.1, -0.05) is 34.8 Å². The monoisotopic (exact) mass is 552 g/mol. The summed E-state index contributed by atoms with van der Waals surface area (Å²) in [4.78, 5) is 29.6. The lowest BCUT2D eigenvalue weighted by atomic mass is 10.1. The molecule has 2 amide bonds. The number of pyridine rings is 1. The molecule has 2 N–H and O–H groups in total. The second kappa shape index (κ2) is 9.61. The first-order valence-corrected chi connectivity index (χ1v) is 11.6. The Bertz CT molecular complexity index is 1320. The fraction of sp³-hybridized carbons (Fsp3) is 0.130. The number of nitriles is 1. The minimum atomic E-state index is -1.34. The second-order valence-corrected chi connectivity index (χ2v) is 10.2. The Morgan fingerprint density at radius 2 is 1.68 bits per heavy atom. The minimum absolute atomic E-state index is 0.114. The van der Waals surface area contributed by atoms with Gasteiger partial charge in [0.25, 0.3) is 5.91 Å². The van der Waals surface area contributed by atoms with Gasteiger partial charge < -0.3 is 10.6 Å². The molecule has 0 aliphatic heterocycles. The van der Waals surface area contributed by atoms with Gasteiger partial charge in [0.1, 0.15) is 16.2 Å². The third kappa shape index (κ3) is 5.10. The molecule has 11 heteroatoms. The maximum absolute atomic E-state index is 12.9. The molecule has 0 spiro atoms. The molecule has 172 valence electrons. The Labute approximate surface area is 219 Å². The fourth-order valence-electron chi connectivity index (χ4n) is 3.54. The van der Waals surface area contributed by atoms with Gasteiger partial charge in [0.05, 0.1) is 22.1 Å². The van der Waals surface area contributed by atoms with Gasteiger partial charge in [-0.05, 0) is 54.1 Å². The van der Waals surface area contributed by atoms with Crippen LogP contribution >= 0.6 is 58.0 Å². The number of hydrogen-bond acceptors (Lipinski definition) is 4. The third-order valence-corrected chi connectivity index (χ3v) is 6.90. The first kappa shape index (κ1) is 24.6. The van der Waals surface area contributed by atoms with Crippen molar-refractivity contribution in [2.75, 3.05) is 10.6 Å². The number of halogens is 5. The molecule has 0 radical (unpaired) electrons. The van der Waals surface area contributed by atoms with Gasteiger partial charge in [-0.15, -0.1) is 23.2 Å². The van der Waals surface area contributed by atoms with Crippen molar-refractivity contribution in [3.8, 4) is 6.07 Å². The zero-order chi connectivity index (χ0) is 24.6. The molecule has 0 saturated heterocycles. The van der Waals surface area contributed by atoms with E-state index in [1.165, 1.54) is 30.5 Å². The number of amides is 2. The number of rotatable bonds is 5. The molecular weight excluding hydrogens is 542 g/mol. The molecular formula is C23H13Cl5N4O2.